The molecule has 1 aliphatic carbocycles. The van der Waals surface area contributed by atoms with E-state index in [-0.39, 0.29) is 17.9 Å². The summed E-state index contributed by atoms with van der Waals surface area (Å²) in [7, 11) is -1.28. The van der Waals surface area contributed by atoms with Crippen molar-refractivity contribution in [1.82, 2.24) is 9.88 Å². The highest BCUT2D eigenvalue weighted by Gasteiger charge is 2.40. The first-order chi connectivity index (χ1) is 13.3. The number of aromatic nitrogens is 1. The van der Waals surface area contributed by atoms with Gasteiger partial charge < -0.3 is 10.2 Å². The molecule has 1 aromatic carbocycles. The zero-order valence-electron chi connectivity index (χ0n) is 16.4. The lowest BCUT2D eigenvalue weighted by Gasteiger charge is -2.24. The molecule has 0 bridgehead atoms. The van der Waals surface area contributed by atoms with Crippen LogP contribution >= 0.6 is 11.3 Å². The Morgan fingerprint density at radius 1 is 1.39 bits per heavy atom. The number of thiazole rings is 1. The SMILES string of the molecule is CC(=O)Nc1nc(C)c(-c2cc3c(c([S@](C)=O)c2)C(=O)N([C@@H](C)C2CC2)C3)s1. The van der Waals surface area contributed by atoms with E-state index in [1.165, 1.54) is 31.1 Å². The predicted molar refractivity (Wildman–Crippen MR) is 111 cm³/mol. The molecule has 2 amide bonds. The van der Waals surface area contributed by atoms with E-state index in [1.54, 1.807) is 6.26 Å². The number of carbonyl (C=O) groups excluding carboxylic acids is 2. The summed E-state index contributed by atoms with van der Waals surface area (Å²) in [4.78, 5) is 32.2. The molecule has 1 N–H and O–H groups in total. The number of nitrogens with one attached hydrogen (secondary N) is 1. The molecule has 2 atom stereocenters. The molecule has 1 fully saturated rings. The van der Waals surface area contributed by atoms with Gasteiger partial charge in [-0.25, -0.2) is 4.98 Å². The van der Waals surface area contributed by atoms with Crippen LogP contribution in [0, 0.1) is 12.8 Å². The van der Waals surface area contributed by atoms with E-state index >= 15 is 0 Å². The first kappa shape index (κ1) is 19.3. The van der Waals surface area contributed by atoms with Crippen molar-refractivity contribution in [3.8, 4) is 10.4 Å². The van der Waals surface area contributed by atoms with Gasteiger partial charge in [0.25, 0.3) is 5.91 Å². The zero-order valence-corrected chi connectivity index (χ0v) is 18.0. The van der Waals surface area contributed by atoms with Crippen molar-refractivity contribution in [2.24, 2.45) is 5.92 Å². The maximum Gasteiger partial charge on any atom is 0.255 e. The minimum atomic E-state index is -1.28. The Labute approximate surface area is 170 Å². The van der Waals surface area contributed by atoms with E-state index in [0.717, 1.165) is 21.7 Å². The predicted octanol–water partition coefficient (Wildman–Crippen LogP) is 3.57. The molecule has 148 valence electrons. The molecule has 28 heavy (non-hydrogen) atoms. The van der Waals surface area contributed by atoms with Gasteiger partial charge in [-0.15, -0.1) is 0 Å². The Hall–Kier alpha value is -2.06. The van der Waals surface area contributed by atoms with E-state index < -0.39 is 10.8 Å². The lowest BCUT2D eigenvalue weighted by molar-refractivity contribution is -0.114. The Morgan fingerprint density at radius 2 is 2.11 bits per heavy atom. The fraction of sp³-hybridized carbons (Fsp3) is 0.450. The van der Waals surface area contributed by atoms with Gasteiger partial charge in [-0.3, -0.25) is 13.8 Å². The van der Waals surface area contributed by atoms with Crippen LogP contribution in [-0.4, -0.2) is 38.2 Å². The Morgan fingerprint density at radius 3 is 2.71 bits per heavy atom. The number of hydrogen-bond donors (Lipinski definition) is 1. The molecule has 0 spiro atoms. The summed E-state index contributed by atoms with van der Waals surface area (Å²) in [5.41, 5.74) is 3.22. The van der Waals surface area contributed by atoms with Gasteiger partial charge in [0.1, 0.15) is 0 Å². The Kier molecular flexibility index (Phi) is 4.87. The minimum absolute atomic E-state index is 0.00823. The van der Waals surface area contributed by atoms with Gasteiger partial charge >= 0.3 is 0 Å². The second-order valence-electron chi connectivity index (χ2n) is 7.59. The van der Waals surface area contributed by atoms with Crippen LogP contribution in [0.4, 0.5) is 5.13 Å². The molecular formula is C20H23N3O3S2. The number of aryl methyl sites for hydroxylation is 1. The topological polar surface area (TPSA) is 79.4 Å². The number of nitrogens with zero attached hydrogens (tertiary/aromatic N) is 2. The van der Waals surface area contributed by atoms with Crippen LogP contribution in [0.5, 0.6) is 0 Å². The first-order valence-corrected chi connectivity index (χ1v) is 11.7. The quantitative estimate of drug-likeness (QED) is 0.807. The standard InChI is InChI=1S/C20H23N3O3S2/c1-10-18(27-20(21-10)22-12(3)24)14-7-15-9-23(11(2)13-5-6-13)19(25)17(15)16(8-14)28(4)26/h7-8,11,13H,5-6,9H2,1-4H3,(H,21,22,24)/t11-,28-/m0/s1. The molecule has 2 heterocycles. The van der Waals surface area contributed by atoms with Gasteiger partial charge in [-0.1, -0.05) is 11.3 Å². The van der Waals surface area contributed by atoms with Gasteiger partial charge in [-0.2, -0.15) is 0 Å². The number of anilines is 1. The van der Waals surface area contributed by atoms with Crippen molar-refractivity contribution in [3.05, 3.63) is 29.0 Å². The summed E-state index contributed by atoms with van der Waals surface area (Å²) in [6.07, 6.45) is 3.96. The van der Waals surface area contributed by atoms with Gasteiger partial charge in [0.05, 0.1) is 31.8 Å². The molecule has 0 radical (unpaired) electrons. The van der Waals surface area contributed by atoms with Crippen molar-refractivity contribution in [2.75, 3.05) is 11.6 Å². The highest BCUT2D eigenvalue weighted by atomic mass is 32.2. The van der Waals surface area contributed by atoms with Crippen LogP contribution in [0.15, 0.2) is 17.0 Å². The molecule has 0 saturated heterocycles. The van der Waals surface area contributed by atoms with Crippen LogP contribution in [0.2, 0.25) is 0 Å². The molecule has 6 nitrogen and oxygen atoms in total. The minimum Gasteiger partial charge on any atom is -0.331 e. The van der Waals surface area contributed by atoms with Crippen LogP contribution in [0.1, 0.15) is 48.3 Å². The fourth-order valence-electron chi connectivity index (χ4n) is 3.83. The molecule has 2 aliphatic rings. The smallest absolute Gasteiger partial charge is 0.255 e. The molecule has 2 aromatic rings. The highest BCUT2D eigenvalue weighted by molar-refractivity contribution is 7.84. The molecule has 1 saturated carbocycles. The number of hydrogen-bond acceptors (Lipinski definition) is 5. The lowest BCUT2D eigenvalue weighted by Crippen LogP contribution is -2.34. The van der Waals surface area contributed by atoms with Crippen molar-refractivity contribution >= 4 is 39.1 Å². The van der Waals surface area contributed by atoms with Gasteiger partial charge in [-0.05, 0) is 55.9 Å². The Bertz CT molecular complexity index is 1010. The van der Waals surface area contributed by atoms with Crippen LogP contribution in [0.25, 0.3) is 10.4 Å². The maximum absolute atomic E-state index is 13.1. The highest BCUT2D eigenvalue weighted by Crippen LogP contribution is 2.41. The van der Waals surface area contributed by atoms with E-state index in [4.69, 9.17) is 0 Å². The number of amides is 2. The third-order valence-electron chi connectivity index (χ3n) is 5.45. The van der Waals surface area contributed by atoms with Gasteiger partial charge in [0.15, 0.2) is 5.13 Å². The normalized spacial score (nSPS) is 18.1. The number of rotatable bonds is 5. The Balaban J connectivity index is 1.77. The third kappa shape index (κ3) is 3.39. The van der Waals surface area contributed by atoms with Crippen molar-refractivity contribution < 1.29 is 13.8 Å². The average molecular weight is 418 g/mol. The summed E-state index contributed by atoms with van der Waals surface area (Å²) in [6.45, 7) is 6.00. The first-order valence-electron chi connectivity index (χ1n) is 9.33. The van der Waals surface area contributed by atoms with Crippen molar-refractivity contribution in [1.29, 1.82) is 0 Å². The average Bonchev–Trinajstić information content (AvgIpc) is 3.33. The van der Waals surface area contributed by atoms with E-state index in [0.29, 0.717) is 28.1 Å². The number of benzene rings is 1. The summed E-state index contributed by atoms with van der Waals surface area (Å²) in [5.74, 6) is 0.406. The molecule has 1 aromatic heterocycles. The van der Waals surface area contributed by atoms with E-state index in [2.05, 4.69) is 17.2 Å². The second-order valence-corrected chi connectivity index (χ2v) is 9.94. The van der Waals surface area contributed by atoms with E-state index in [9.17, 15) is 13.8 Å². The molecule has 4 rings (SSSR count). The summed E-state index contributed by atoms with van der Waals surface area (Å²) in [6, 6.07) is 4.07. The van der Waals surface area contributed by atoms with Crippen molar-refractivity contribution in [2.45, 2.75) is 51.1 Å². The van der Waals surface area contributed by atoms with Crippen LogP contribution in [-0.2, 0) is 22.1 Å². The largest absolute Gasteiger partial charge is 0.331 e. The number of carbonyl (C=O) groups is 2. The third-order valence-corrected chi connectivity index (χ3v) is 7.51. The molecular weight excluding hydrogens is 394 g/mol. The summed E-state index contributed by atoms with van der Waals surface area (Å²) >= 11 is 1.39. The maximum atomic E-state index is 13.1. The second kappa shape index (κ2) is 7.08. The summed E-state index contributed by atoms with van der Waals surface area (Å²) < 4.78 is 12.5. The van der Waals surface area contributed by atoms with Crippen molar-refractivity contribution in [3.63, 3.8) is 0 Å². The van der Waals surface area contributed by atoms with Gasteiger partial charge in [0.2, 0.25) is 5.91 Å². The number of fused-ring (bicyclic) bond motifs is 1. The lowest BCUT2D eigenvalue weighted by atomic mass is 10.0. The molecule has 1 aliphatic heterocycles. The van der Waals surface area contributed by atoms with Crippen LogP contribution in [0.3, 0.4) is 0 Å². The molecule has 0 unspecified atom stereocenters. The van der Waals surface area contributed by atoms with Gasteiger partial charge in [0, 0.05) is 25.8 Å². The van der Waals surface area contributed by atoms with Crippen LogP contribution < -0.4 is 5.32 Å². The zero-order chi connectivity index (χ0) is 20.2. The monoisotopic (exact) mass is 417 g/mol. The summed E-state index contributed by atoms with van der Waals surface area (Å²) in [5, 5.41) is 3.26. The van der Waals surface area contributed by atoms with E-state index in [1.807, 2.05) is 24.0 Å². The molecule has 8 heteroatoms. The fourth-order valence-corrected chi connectivity index (χ4v) is 5.63.